The standard InChI is InChI=1S/C18H20ClN3O2/c1-12-4-2-3-5-16(12)17(23)22-14-6-8-15(9-7-14)24-18-20-10-13(19)11-21-18/h2-5,10-11,14-15H,6-9H2,1H3,(H,22,23). The first-order chi connectivity index (χ1) is 11.6. The zero-order valence-electron chi connectivity index (χ0n) is 13.5. The average molecular weight is 346 g/mol. The van der Waals surface area contributed by atoms with Crippen LogP contribution in [0, 0.1) is 6.92 Å². The summed E-state index contributed by atoms with van der Waals surface area (Å²) in [5.41, 5.74) is 1.73. The van der Waals surface area contributed by atoms with Crippen LogP contribution in [0.1, 0.15) is 41.6 Å². The molecule has 1 fully saturated rings. The number of halogens is 1. The number of hydrogen-bond acceptors (Lipinski definition) is 4. The Bertz CT molecular complexity index is 698. The summed E-state index contributed by atoms with van der Waals surface area (Å²) in [4.78, 5) is 20.5. The van der Waals surface area contributed by atoms with Crippen molar-refractivity contribution in [2.24, 2.45) is 0 Å². The van der Waals surface area contributed by atoms with Gasteiger partial charge in [0.05, 0.1) is 17.4 Å². The Kier molecular flexibility index (Phi) is 5.30. The molecule has 126 valence electrons. The fourth-order valence-electron chi connectivity index (χ4n) is 2.93. The Morgan fingerprint density at radius 2 is 1.83 bits per heavy atom. The third-order valence-corrected chi connectivity index (χ3v) is 4.46. The maximum atomic E-state index is 12.4. The fraction of sp³-hybridized carbons (Fsp3) is 0.389. The van der Waals surface area contributed by atoms with E-state index in [4.69, 9.17) is 16.3 Å². The van der Waals surface area contributed by atoms with E-state index in [1.54, 1.807) is 0 Å². The van der Waals surface area contributed by atoms with E-state index in [1.165, 1.54) is 12.4 Å². The molecule has 0 bridgehead atoms. The number of aromatic nitrogens is 2. The van der Waals surface area contributed by atoms with Crippen LogP contribution in [0.5, 0.6) is 6.01 Å². The van der Waals surface area contributed by atoms with Crippen molar-refractivity contribution in [3.63, 3.8) is 0 Å². The second kappa shape index (κ2) is 7.62. The lowest BCUT2D eigenvalue weighted by atomic mass is 9.92. The number of benzene rings is 1. The Balaban J connectivity index is 1.49. The zero-order valence-corrected chi connectivity index (χ0v) is 14.3. The van der Waals surface area contributed by atoms with Gasteiger partial charge in [0.2, 0.25) is 0 Å². The van der Waals surface area contributed by atoms with Gasteiger partial charge in [0.25, 0.3) is 5.91 Å². The molecular weight excluding hydrogens is 326 g/mol. The second-order valence-electron chi connectivity index (χ2n) is 6.06. The molecule has 1 aromatic carbocycles. The van der Waals surface area contributed by atoms with Gasteiger partial charge in [0, 0.05) is 11.6 Å². The number of carbonyl (C=O) groups excluding carboxylic acids is 1. The third kappa shape index (κ3) is 4.23. The van der Waals surface area contributed by atoms with Gasteiger partial charge in [-0.05, 0) is 44.2 Å². The number of aryl methyl sites for hydroxylation is 1. The van der Waals surface area contributed by atoms with E-state index in [0.717, 1.165) is 36.8 Å². The molecule has 0 aliphatic heterocycles. The van der Waals surface area contributed by atoms with Gasteiger partial charge < -0.3 is 10.1 Å². The maximum Gasteiger partial charge on any atom is 0.316 e. The van der Waals surface area contributed by atoms with Crippen molar-refractivity contribution in [2.75, 3.05) is 0 Å². The molecule has 1 heterocycles. The smallest absolute Gasteiger partial charge is 0.316 e. The van der Waals surface area contributed by atoms with Crippen molar-refractivity contribution in [1.29, 1.82) is 0 Å². The predicted octanol–water partition coefficient (Wildman–Crippen LogP) is 3.56. The molecule has 0 spiro atoms. The maximum absolute atomic E-state index is 12.4. The average Bonchev–Trinajstić information content (AvgIpc) is 2.59. The van der Waals surface area contributed by atoms with Crippen LogP contribution < -0.4 is 10.1 Å². The van der Waals surface area contributed by atoms with Crippen LogP contribution in [0.25, 0.3) is 0 Å². The monoisotopic (exact) mass is 345 g/mol. The molecule has 0 radical (unpaired) electrons. The largest absolute Gasteiger partial charge is 0.460 e. The zero-order chi connectivity index (χ0) is 16.9. The lowest BCUT2D eigenvalue weighted by molar-refractivity contribution is 0.0884. The molecule has 0 saturated heterocycles. The molecule has 6 heteroatoms. The van der Waals surface area contributed by atoms with Crippen LogP contribution in [0.4, 0.5) is 0 Å². The SMILES string of the molecule is Cc1ccccc1C(=O)NC1CCC(Oc2ncc(Cl)cn2)CC1. The molecule has 24 heavy (non-hydrogen) atoms. The van der Waals surface area contributed by atoms with Crippen molar-refractivity contribution in [3.8, 4) is 6.01 Å². The summed E-state index contributed by atoms with van der Waals surface area (Å²) in [7, 11) is 0. The number of rotatable bonds is 4. The molecule has 1 amide bonds. The van der Waals surface area contributed by atoms with E-state index in [0.29, 0.717) is 11.0 Å². The lowest BCUT2D eigenvalue weighted by Crippen LogP contribution is -2.40. The first-order valence-electron chi connectivity index (χ1n) is 8.12. The highest BCUT2D eigenvalue weighted by molar-refractivity contribution is 6.30. The third-order valence-electron chi connectivity index (χ3n) is 4.27. The van der Waals surface area contributed by atoms with E-state index < -0.39 is 0 Å². The van der Waals surface area contributed by atoms with Crippen molar-refractivity contribution >= 4 is 17.5 Å². The highest BCUT2D eigenvalue weighted by Crippen LogP contribution is 2.23. The minimum absolute atomic E-state index is 0.00139. The van der Waals surface area contributed by atoms with Gasteiger partial charge in [-0.2, -0.15) is 0 Å². The van der Waals surface area contributed by atoms with Gasteiger partial charge >= 0.3 is 6.01 Å². The van der Waals surface area contributed by atoms with E-state index in [1.807, 2.05) is 31.2 Å². The van der Waals surface area contributed by atoms with E-state index in [-0.39, 0.29) is 18.1 Å². The summed E-state index contributed by atoms with van der Waals surface area (Å²) < 4.78 is 5.77. The Hall–Kier alpha value is -2.14. The number of amides is 1. The number of ether oxygens (including phenoxy) is 1. The molecule has 1 aromatic heterocycles. The van der Waals surface area contributed by atoms with Crippen molar-refractivity contribution in [3.05, 3.63) is 52.8 Å². The number of hydrogen-bond donors (Lipinski definition) is 1. The van der Waals surface area contributed by atoms with Gasteiger partial charge in [-0.15, -0.1) is 0 Å². The van der Waals surface area contributed by atoms with E-state index in [9.17, 15) is 4.79 Å². The highest BCUT2D eigenvalue weighted by Gasteiger charge is 2.24. The van der Waals surface area contributed by atoms with Gasteiger partial charge in [-0.3, -0.25) is 4.79 Å². The molecule has 0 atom stereocenters. The fourth-order valence-corrected chi connectivity index (χ4v) is 3.02. The first-order valence-corrected chi connectivity index (χ1v) is 8.50. The molecule has 2 aromatic rings. The first kappa shape index (κ1) is 16.7. The normalized spacial score (nSPS) is 20.4. The van der Waals surface area contributed by atoms with Gasteiger partial charge in [0.1, 0.15) is 6.10 Å². The topological polar surface area (TPSA) is 64.1 Å². The Morgan fingerprint density at radius 3 is 2.50 bits per heavy atom. The molecular formula is C18H20ClN3O2. The van der Waals surface area contributed by atoms with Gasteiger partial charge in [-0.1, -0.05) is 29.8 Å². The van der Waals surface area contributed by atoms with Crippen molar-refractivity contribution in [1.82, 2.24) is 15.3 Å². The minimum Gasteiger partial charge on any atom is -0.460 e. The van der Waals surface area contributed by atoms with Crippen molar-refractivity contribution in [2.45, 2.75) is 44.8 Å². The van der Waals surface area contributed by atoms with Gasteiger partial charge in [0.15, 0.2) is 0 Å². The van der Waals surface area contributed by atoms with E-state index >= 15 is 0 Å². The number of nitrogens with one attached hydrogen (secondary N) is 1. The summed E-state index contributed by atoms with van der Waals surface area (Å²) in [6, 6.07) is 8.17. The molecule has 1 saturated carbocycles. The summed E-state index contributed by atoms with van der Waals surface area (Å²) >= 11 is 5.76. The van der Waals surface area contributed by atoms with Gasteiger partial charge in [-0.25, -0.2) is 9.97 Å². The summed E-state index contributed by atoms with van der Waals surface area (Å²) in [5, 5.41) is 3.62. The van der Waals surface area contributed by atoms with E-state index in [2.05, 4.69) is 15.3 Å². The van der Waals surface area contributed by atoms with Crippen LogP contribution in [0.3, 0.4) is 0 Å². The highest BCUT2D eigenvalue weighted by atomic mass is 35.5. The van der Waals surface area contributed by atoms with Crippen LogP contribution >= 0.6 is 11.6 Å². The Labute approximate surface area is 146 Å². The predicted molar refractivity (Wildman–Crippen MR) is 92.4 cm³/mol. The second-order valence-corrected chi connectivity index (χ2v) is 6.50. The molecule has 1 N–H and O–H groups in total. The van der Waals surface area contributed by atoms with Crippen LogP contribution in [-0.2, 0) is 0 Å². The molecule has 1 aliphatic carbocycles. The summed E-state index contributed by atoms with van der Waals surface area (Å²) in [6.07, 6.45) is 6.63. The van der Waals surface area contributed by atoms with Crippen LogP contribution in [0.15, 0.2) is 36.7 Å². The molecule has 3 rings (SSSR count). The molecule has 5 nitrogen and oxygen atoms in total. The van der Waals surface area contributed by atoms with Crippen LogP contribution in [-0.4, -0.2) is 28.0 Å². The molecule has 0 unspecified atom stereocenters. The Morgan fingerprint density at radius 1 is 1.17 bits per heavy atom. The number of nitrogens with zero attached hydrogens (tertiary/aromatic N) is 2. The molecule has 1 aliphatic rings. The van der Waals surface area contributed by atoms with Crippen molar-refractivity contribution < 1.29 is 9.53 Å². The minimum atomic E-state index is -0.00139. The lowest BCUT2D eigenvalue weighted by Gasteiger charge is -2.29. The van der Waals surface area contributed by atoms with Crippen LogP contribution in [0.2, 0.25) is 5.02 Å². The quantitative estimate of drug-likeness (QED) is 0.920. The summed E-state index contributed by atoms with van der Waals surface area (Å²) in [5.74, 6) is -0.00139. The number of carbonyl (C=O) groups is 1. The summed E-state index contributed by atoms with van der Waals surface area (Å²) in [6.45, 7) is 1.95.